The van der Waals surface area contributed by atoms with E-state index in [-0.39, 0.29) is 5.56 Å². The Balaban J connectivity index is 1.86. The van der Waals surface area contributed by atoms with Gasteiger partial charge in [-0.1, -0.05) is 48.0 Å². The molecule has 6 heteroatoms. The van der Waals surface area contributed by atoms with E-state index in [0.717, 1.165) is 16.5 Å². The molecule has 4 rings (SSSR count). The Bertz CT molecular complexity index is 1110. The van der Waals surface area contributed by atoms with Crippen LogP contribution in [0.3, 0.4) is 0 Å². The van der Waals surface area contributed by atoms with E-state index in [1.807, 2.05) is 42.5 Å². The van der Waals surface area contributed by atoms with Gasteiger partial charge in [0.25, 0.3) is 5.56 Å². The van der Waals surface area contributed by atoms with Crippen molar-refractivity contribution >= 4 is 39.8 Å². The number of hydrogen-bond acceptors (Lipinski definition) is 3. The van der Waals surface area contributed by atoms with Crippen molar-refractivity contribution in [3.63, 3.8) is 0 Å². The van der Waals surface area contributed by atoms with Gasteiger partial charge in [-0.3, -0.25) is 4.79 Å². The van der Waals surface area contributed by atoms with Crippen LogP contribution in [-0.4, -0.2) is 20.9 Å². The molecule has 0 spiro atoms. The predicted octanol–water partition coefficient (Wildman–Crippen LogP) is 3.41. The lowest BCUT2D eigenvalue weighted by Crippen LogP contribution is -2.17. The second kappa shape index (κ2) is 5.37. The minimum atomic E-state index is -0.255. The molecule has 0 aliphatic rings. The van der Waals surface area contributed by atoms with Gasteiger partial charge in [0.05, 0.1) is 6.21 Å². The van der Waals surface area contributed by atoms with Crippen molar-refractivity contribution in [2.75, 3.05) is 0 Å². The van der Waals surface area contributed by atoms with Crippen LogP contribution in [0.2, 0.25) is 5.02 Å². The lowest BCUT2D eigenvalue weighted by Gasteiger charge is -1.99. The quantitative estimate of drug-likeness (QED) is 0.575. The minimum Gasteiger partial charge on any atom is -0.349 e. The minimum absolute atomic E-state index is 0.255. The third kappa shape index (κ3) is 2.31. The molecule has 0 radical (unpaired) electrons. The summed E-state index contributed by atoms with van der Waals surface area (Å²) in [6.07, 6.45) is 2.96. The van der Waals surface area contributed by atoms with E-state index in [9.17, 15) is 4.79 Å². The molecule has 4 aromatic rings. The fraction of sp³-hybridized carbons (Fsp3) is 0. The van der Waals surface area contributed by atoms with Gasteiger partial charge < -0.3 is 4.98 Å². The Kier molecular flexibility index (Phi) is 3.20. The second-order valence-corrected chi connectivity index (χ2v) is 5.46. The fourth-order valence-electron chi connectivity index (χ4n) is 2.48. The van der Waals surface area contributed by atoms with Crippen LogP contribution in [-0.2, 0) is 0 Å². The van der Waals surface area contributed by atoms with E-state index in [4.69, 9.17) is 11.6 Å². The number of nitrogens with one attached hydrogen (secondary N) is 1. The molecule has 0 amide bonds. The molecule has 112 valence electrons. The van der Waals surface area contributed by atoms with Gasteiger partial charge in [0, 0.05) is 21.5 Å². The summed E-state index contributed by atoms with van der Waals surface area (Å²) in [5.74, 6) is 0. The number of aromatic nitrogens is 3. The maximum Gasteiger partial charge on any atom is 0.298 e. The van der Waals surface area contributed by atoms with Crippen molar-refractivity contribution in [3.8, 4) is 0 Å². The molecular formula is C17H11ClN4O. The molecule has 2 aromatic heterocycles. The maximum atomic E-state index is 12.5. The van der Waals surface area contributed by atoms with E-state index in [2.05, 4.69) is 15.1 Å². The van der Waals surface area contributed by atoms with Gasteiger partial charge >= 0.3 is 0 Å². The fourth-order valence-corrected chi connectivity index (χ4v) is 2.67. The van der Waals surface area contributed by atoms with Crippen molar-refractivity contribution in [2.24, 2.45) is 5.10 Å². The summed E-state index contributed by atoms with van der Waals surface area (Å²) < 4.78 is 1.20. The number of fused-ring (bicyclic) bond motifs is 3. The lowest BCUT2D eigenvalue weighted by molar-refractivity contribution is 0.815. The number of para-hydroxylation sites is 1. The molecule has 0 fully saturated rings. The Hall–Kier alpha value is -2.92. The van der Waals surface area contributed by atoms with Crippen molar-refractivity contribution in [1.29, 1.82) is 0 Å². The zero-order chi connectivity index (χ0) is 15.8. The van der Waals surface area contributed by atoms with Crippen molar-refractivity contribution in [1.82, 2.24) is 14.6 Å². The Labute approximate surface area is 135 Å². The highest BCUT2D eigenvalue weighted by atomic mass is 35.5. The predicted molar refractivity (Wildman–Crippen MR) is 92.3 cm³/mol. The smallest absolute Gasteiger partial charge is 0.298 e. The number of nitrogens with zero attached hydrogens (tertiary/aromatic N) is 3. The zero-order valence-corrected chi connectivity index (χ0v) is 12.7. The summed E-state index contributed by atoms with van der Waals surface area (Å²) in [4.78, 5) is 20.0. The summed E-state index contributed by atoms with van der Waals surface area (Å²) in [5, 5.41) is 5.66. The Morgan fingerprint density at radius 3 is 2.78 bits per heavy atom. The average Bonchev–Trinajstić information content (AvgIpc) is 2.95. The summed E-state index contributed by atoms with van der Waals surface area (Å²) in [5.41, 5.74) is 2.44. The van der Waals surface area contributed by atoms with Gasteiger partial charge in [0.15, 0.2) is 0 Å². The van der Waals surface area contributed by atoms with E-state index in [1.54, 1.807) is 12.3 Å². The van der Waals surface area contributed by atoms with Crippen LogP contribution in [0.4, 0.5) is 0 Å². The first-order valence-electron chi connectivity index (χ1n) is 7.01. The second-order valence-electron chi connectivity index (χ2n) is 5.05. The summed E-state index contributed by atoms with van der Waals surface area (Å²) >= 11 is 6.08. The molecule has 1 N–H and O–H groups in total. The highest BCUT2D eigenvalue weighted by Gasteiger charge is 2.09. The third-order valence-electron chi connectivity index (χ3n) is 3.62. The SMILES string of the molecule is O=c1c2[nH]c3ccccc3c2ncn1N=Cc1ccccc1Cl. The largest absolute Gasteiger partial charge is 0.349 e. The highest BCUT2D eigenvalue weighted by Crippen LogP contribution is 2.20. The van der Waals surface area contributed by atoms with E-state index in [0.29, 0.717) is 16.1 Å². The number of hydrogen-bond donors (Lipinski definition) is 1. The van der Waals surface area contributed by atoms with Crippen LogP contribution in [0, 0.1) is 0 Å². The number of aromatic amines is 1. The van der Waals surface area contributed by atoms with E-state index in [1.165, 1.54) is 11.0 Å². The van der Waals surface area contributed by atoms with Gasteiger partial charge in [0.2, 0.25) is 0 Å². The Morgan fingerprint density at radius 2 is 1.91 bits per heavy atom. The highest BCUT2D eigenvalue weighted by molar-refractivity contribution is 6.33. The Morgan fingerprint density at radius 1 is 1.13 bits per heavy atom. The van der Waals surface area contributed by atoms with E-state index < -0.39 is 0 Å². The molecule has 2 heterocycles. The monoisotopic (exact) mass is 322 g/mol. The third-order valence-corrected chi connectivity index (χ3v) is 3.97. The van der Waals surface area contributed by atoms with Gasteiger partial charge in [-0.2, -0.15) is 9.78 Å². The van der Waals surface area contributed by atoms with Crippen molar-refractivity contribution in [2.45, 2.75) is 0 Å². The molecular weight excluding hydrogens is 312 g/mol. The number of rotatable bonds is 2. The summed E-state index contributed by atoms with van der Waals surface area (Å²) in [7, 11) is 0. The van der Waals surface area contributed by atoms with Crippen LogP contribution in [0.15, 0.2) is 64.8 Å². The van der Waals surface area contributed by atoms with Gasteiger partial charge in [-0.25, -0.2) is 4.98 Å². The molecule has 23 heavy (non-hydrogen) atoms. The first-order valence-corrected chi connectivity index (χ1v) is 7.39. The lowest BCUT2D eigenvalue weighted by atomic mass is 10.2. The van der Waals surface area contributed by atoms with Crippen LogP contribution >= 0.6 is 11.6 Å². The van der Waals surface area contributed by atoms with E-state index >= 15 is 0 Å². The first-order chi connectivity index (χ1) is 11.2. The summed E-state index contributed by atoms with van der Waals surface area (Å²) in [6, 6.07) is 15.0. The average molecular weight is 323 g/mol. The molecule has 2 aromatic carbocycles. The van der Waals surface area contributed by atoms with Gasteiger partial charge in [0.1, 0.15) is 17.4 Å². The van der Waals surface area contributed by atoms with Crippen LogP contribution in [0.25, 0.3) is 21.9 Å². The molecule has 0 bridgehead atoms. The van der Waals surface area contributed by atoms with Crippen LogP contribution in [0.5, 0.6) is 0 Å². The summed E-state index contributed by atoms with van der Waals surface area (Å²) in [6.45, 7) is 0. The molecule has 0 aliphatic carbocycles. The van der Waals surface area contributed by atoms with Crippen molar-refractivity contribution in [3.05, 3.63) is 75.8 Å². The zero-order valence-electron chi connectivity index (χ0n) is 11.9. The molecule has 0 aliphatic heterocycles. The standard InChI is InChI=1S/C17H11ClN4O/c18-13-7-3-1-5-11(13)9-20-22-10-19-15-12-6-2-4-8-14(12)21-16(15)17(22)23/h1-10,21H. The van der Waals surface area contributed by atoms with Crippen molar-refractivity contribution < 1.29 is 0 Å². The number of benzene rings is 2. The normalized spacial score (nSPS) is 11.7. The van der Waals surface area contributed by atoms with Gasteiger partial charge in [-0.05, 0) is 12.1 Å². The number of halogens is 1. The topological polar surface area (TPSA) is 63.0 Å². The maximum absolute atomic E-state index is 12.5. The molecule has 0 unspecified atom stereocenters. The van der Waals surface area contributed by atoms with Crippen LogP contribution < -0.4 is 5.56 Å². The molecule has 0 saturated heterocycles. The molecule has 0 saturated carbocycles. The van der Waals surface area contributed by atoms with Gasteiger partial charge in [-0.15, -0.1) is 0 Å². The van der Waals surface area contributed by atoms with Crippen LogP contribution in [0.1, 0.15) is 5.56 Å². The number of H-pyrrole nitrogens is 1. The molecule has 5 nitrogen and oxygen atoms in total. The molecule has 0 atom stereocenters. The first kappa shape index (κ1) is 13.7.